The molecular formula is C11H8F3NO2S. The molecule has 0 saturated carbocycles. The minimum Gasteiger partial charge on any atom is -0.223 e. The molecule has 0 unspecified atom stereocenters. The Kier molecular flexibility index (Phi) is 4.14. The SMILES string of the molecule is N#CC(=CC(F)(F)F)S(=O)(=O)Cc1ccccc1. The molecule has 1 aromatic carbocycles. The maximum atomic E-state index is 12.1. The molecule has 0 aliphatic rings. The summed E-state index contributed by atoms with van der Waals surface area (Å²) in [7, 11) is -4.28. The first-order chi connectivity index (χ1) is 8.24. The van der Waals surface area contributed by atoms with Crippen molar-refractivity contribution in [3.63, 3.8) is 0 Å². The molecule has 0 radical (unpaired) electrons. The zero-order valence-corrected chi connectivity index (χ0v) is 9.79. The van der Waals surface area contributed by atoms with E-state index >= 15 is 0 Å². The van der Waals surface area contributed by atoms with E-state index in [0.717, 1.165) is 6.07 Å². The number of nitrogens with zero attached hydrogens (tertiary/aromatic N) is 1. The fourth-order valence-corrected chi connectivity index (χ4v) is 2.45. The first-order valence-electron chi connectivity index (χ1n) is 4.71. The van der Waals surface area contributed by atoms with Crippen molar-refractivity contribution in [2.75, 3.05) is 0 Å². The van der Waals surface area contributed by atoms with Gasteiger partial charge in [0.15, 0.2) is 9.84 Å². The van der Waals surface area contributed by atoms with Crippen molar-refractivity contribution in [1.29, 1.82) is 5.26 Å². The van der Waals surface area contributed by atoms with Crippen LogP contribution in [-0.4, -0.2) is 14.6 Å². The van der Waals surface area contributed by atoms with Gasteiger partial charge in [0.05, 0.1) is 5.75 Å². The van der Waals surface area contributed by atoms with Crippen LogP contribution in [0.2, 0.25) is 0 Å². The van der Waals surface area contributed by atoms with E-state index in [9.17, 15) is 21.6 Å². The second kappa shape index (κ2) is 5.23. The van der Waals surface area contributed by atoms with Gasteiger partial charge in [-0.1, -0.05) is 30.3 Å². The first kappa shape index (κ1) is 14.3. The highest BCUT2D eigenvalue weighted by atomic mass is 32.2. The van der Waals surface area contributed by atoms with Gasteiger partial charge in [-0.05, 0) is 5.56 Å². The number of sulfone groups is 1. The quantitative estimate of drug-likeness (QED) is 0.796. The van der Waals surface area contributed by atoms with Crippen LogP contribution in [0.25, 0.3) is 0 Å². The molecule has 3 nitrogen and oxygen atoms in total. The van der Waals surface area contributed by atoms with Gasteiger partial charge >= 0.3 is 6.18 Å². The van der Waals surface area contributed by atoms with E-state index in [1.54, 1.807) is 18.2 Å². The van der Waals surface area contributed by atoms with Crippen LogP contribution in [0.3, 0.4) is 0 Å². The smallest absolute Gasteiger partial charge is 0.223 e. The van der Waals surface area contributed by atoms with Gasteiger partial charge in [-0.2, -0.15) is 18.4 Å². The predicted octanol–water partition coefficient (Wildman–Crippen LogP) is 2.57. The third kappa shape index (κ3) is 4.22. The van der Waals surface area contributed by atoms with Crippen LogP contribution in [0.5, 0.6) is 0 Å². The Bertz CT molecular complexity index is 583. The maximum absolute atomic E-state index is 12.1. The summed E-state index contributed by atoms with van der Waals surface area (Å²) in [5.74, 6) is -0.636. The summed E-state index contributed by atoms with van der Waals surface area (Å²) in [5.41, 5.74) is 0.320. The predicted molar refractivity (Wildman–Crippen MR) is 58.8 cm³/mol. The van der Waals surface area contributed by atoms with Crippen LogP contribution >= 0.6 is 0 Å². The highest BCUT2D eigenvalue weighted by Gasteiger charge is 2.29. The van der Waals surface area contributed by atoms with Crippen LogP contribution in [0, 0.1) is 11.3 Å². The van der Waals surface area contributed by atoms with Gasteiger partial charge in [-0.25, -0.2) is 8.42 Å². The minimum absolute atomic E-state index is 0.320. The van der Waals surface area contributed by atoms with Gasteiger partial charge in [-0.3, -0.25) is 0 Å². The zero-order valence-electron chi connectivity index (χ0n) is 8.98. The molecular weight excluding hydrogens is 267 g/mol. The zero-order chi connectivity index (χ0) is 13.8. The summed E-state index contributed by atoms with van der Waals surface area (Å²) in [5, 5.41) is 8.51. The van der Waals surface area contributed by atoms with E-state index in [-0.39, 0.29) is 0 Å². The molecule has 1 aromatic rings. The molecule has 1 rings (SSSR count). The van der Waals surface area contributed by atoms with E-state index < -0.39 is 32.7 Å². The Morgan fingerprint density at radius 1 is 1.28 bits per heavy atom. The van der Waals surface area contributed by atoms with Crippen molar-refractivity contribution in [3.8, 4) is 6.07 Å². The van der Waals surface area contributed by atoms with Crippen LogP contribution in [0.1, 0.15) is 5.56 Å². The monoisotopic (exact) mass is 275 g/mol. The third-order valence-electron chi connectivity index (χ3n) is 1.94. The summed E-state index contributed by atoms with van der Waals surface area (Å²) in [6.45, 7) is 0. The molecule has 0 heterocycles. The number of rotatable bonds is 3. The second-order valence-corrected chi connectivity index (χ2v) is 5.36. The number of nitriles is 1. The third-order valence-corrected chi connectivity index (χ3v) is 3.53. The highest BCUT2D eigenvalue weighted by molar-refractivity contribution is 7.94. The lowest BCUT2D eigenvalue weighted by molar-refractivity contribution is -0.0800. The van der Waals surface area contributed by atoms with Crippen molar-refractivity contribution in [3.05, 3.63) is 46.9 Å². The van der Waals surface area contributed by atoms with E-state index in [1.807, 2.05) is 0 Å². The number of halogens is 3. The molecule has 0 fully saturated rings. The Morgan fingerprint density at radius 3 is 2.28 bits per heavy atom. The topological polar surface area (TPSA) is 57.9 Å². The number of hydrogen-bond acceptors (Lipinski definition) is 3. The minimum atomic E-state index is -4.84. The average molecular weight is 275 g/mol. The standard InChI is InChI=1S/C11H8F3NO2S/c12-11(13,14)6-10(7-15)18(16,17)8-9-4-2-1-3-5-9/h1-6H,8H2. The van der Waals surface area contributed by atoms with E-state index in [2.05, 4.69) is 0 Å². The number of allylic oxidation sites excluding steroid dienone is 2. The Labute approximate surface area is 102 Å². The van der Waals surface area contributed by atoms with Crippen molar-refractivity contribution in [2.24, 2.45) is 0 Å². The van der Waals surface area contributed by atoms with Crippen molar-refractivity contribution in [1.82, 2.24) is 0 Å². The molecule has 0 amide bonds. The lowest BCUT2D eigenvalue weighted by Crippen LogP contribution is -2.11. The highest BCUT2D eigenvalue weighted by Crippen LogP contribution is 2.22. The van der Waals surface area contributed by atoms with Gasteiger partial charge in [0, 0.05) is 6.08 Å². The molecule has 0 bridgehead atoms. The van der Waals surface area contributed by atoms with E-state index in [0.29, 0.717) is 5.56 Å². The molecule has 0 N–H and O–H groups in total. The molecule has 96 valence electrons. The molecule has 0 atom stereocenters. The summed E-state index contributed by atoms with van der Waals surface area (Å²) in [6, 6.07) is 8.75. The molecule has 0 spiro atoms. The van der Waals surface area contributed by atoms with Crippen LogP contribution < -0.4 is 0 Å². The first-order valence-corrected chi connectivity index (χ1v) is 6.36. The molecule has 0 aliphatic heterocycles. The normalized spacial score (nSPS) is 13.1. The van der Waals surface area contributed by atoms with Gasteiger partial charge in [0.1, 0.15) is 11.0 Å². The van der Waals surface area contributed by atoms with Gasteiger partial charge in [-0.15, -0.1) is 0 Å². The summed E-state index contributed by atoms with van der Waals surface area (Å²) in [6.07, 6.45) is -5.33. The number of hydrogen-bond donors (Lipinski definition) is 0. The second-order valence-electron chi connectivity index (χ2n) is 3.41. The van der Waals surface area contributed by atoms with Crippen LogP contribution in [-0.2, 0) is 15.6 Å². The molecule has 0 aliphatic carbocycles. The van der Waals surface area contributed by atoms with Gasteiger partial charge < -0.3 is 0 Å². The lowest BCUT2D eigenvalue weighted by Gasteiger charge is -2.04. The maximum Gasteiger partial charge on any atom is 0.411 e. The van der Waals surface area contributed by atoms with Crippen LogP contribution in [0.15, 0.2) is 41.3 Å². The van der Waals surface area contributed by atoms with E-state index in [4.69, 9.17) is 5.26 Å². The Hall–Kier alpha value is -1.81. The average Bonchev–Trinajstić information content (AvgIpc) is 2.25. The fourth-order valence-electron chi connectivity index (χ4n) is 1.21. The largest absolute Gasteiger partial charge is 0.411 e. The van der Waals surface area contributed by atoms with Crippen molar-refractivity contribution < 1.29 is 21.6 Å². The van der Waals surface area contributed by atoms with Gasteiger partial charge in [0.2, 0.25) is 0 Å². The summed E-state index contributed by atoms with van der Waals surface area (Å²) < 4.78 is 59.4. The Morgan fingerprint density at radius 2 is 1.83 bits per heavy atom. The molecule has 0 saturated heterocycles. The number of alkyl halides is 3. The van der Waals surface area contributed by atoms with Crippen LogP contribution in [0.4, 0.5) is 13.2 Å². The fraction of sp³-hybridized carbons (Fsp3) is 0.182. The lowest BCUT2D eigenvalue weighted by atomic mass is 10.2. The molecule has 18 heavy (non-hydrogen) atoms. The molecule has 0 aromatic heterocycles. The van der Waals surface area contributed by atoms with E-state index in [1.165, 1.54) is 12.1 Å². The van der Waals surface area contributed by atoms with Crippen molar-refractivity contribution >= 4 is 9.84 Å². The summed E-state index contributed by atoms with van der Waals surface area (Å²) in [4.78, 5) is -1.28. The summed E-state index contributed by atoms with van der Waals surface area (Å²) >= 11 is 0. The molecule has 7 heteroatoms. The number of benzene rings is 1. The van der Waals surface area contributed by atoms with Crippen molar-refractivity contribution in [2.45, 2.75) is 11.9 Å². The Balaban J connectivity index is 3.08. The van der Waals surface area contributed by atoms with Gasteiger partial charge in [0.25, 0.3) is 0 Å².